The van der Waals surface area contributed by atoms with Crippen molar-refractivity contribution in [1.82, 2.24) is 14.9 Å². The van der Waals surface area contributed by atoms with Gasteiger partial charge in [0.2, 0.25) is 0 Å². The molecule has 0 amide bonds. The van der Waals surface area contributed by atoms with E-state index in [1.54, 1.807) is 10.9 Å². The summed E-state index contributed by atoms with van der Waals surface area (Å²) in [5.74, 6) is 1.18. The van der Waals surface area contributed by atoms with E-state index in [1.807, 2.05) is 72.8 Å². The molecular weight excluding hydrogens is 430 g/mol. The maximum atomic E-state index is 11.7. The summed E-state index contributed by atoms with van der Waals surface area (Å²) >= 11 is 0. The minimum Gasteiger partial charge on any atom is -0.494 e. The Morgan fingerprint density at radius 2 is 1.65 bits per heavy atom. The van der Waals surface area contributed by atoms with Crippen LogP contribution in [-0.4, -0.2) is 34.1 Å². The molecule has 0 aliphatic carbocycles. The van der Waals surface area contributed by atoms with E-state index in [2.05, 4.69) is 10.2 Å². The molecule has 0 atom stereocenters. The van der Waals surface area contributed by atoms with Crippen LogP contribution in [0.4, 0.5) is 0 Å². The number of H-pyrrole nitrogens is 1. The summed E-state index contributed by atoms with van der Waals surface area (Å²) in [5.41, 5.74) is 3.47. The highest BCUT2D eigenvalue weighted by atomic mass is 16.7. The third-order valence-electron chi connectivity index (χ3n) is 5.55. The number of nitrogens with one attached hydrogen (secondary N) is 1. The molecule has 2 heterocycles. The number of aromatic amines is 1. The molecule has 34 heavy (non-hydrogen) atoms. The number of aromatic nitrogens is 3. The Kier molecular flexibility index (Phi) is 6.16. The smallest absolute Gasteiger partial charge is 0.329 e. The van der Waals surface area contributed by atoms with Crippen LogP contribution in [0, 0.1) is 0 Å². The molecular formula is C27H25N3O4. The van der Waals surface area contributed by atoms with E-state index < -0.39 is 0 Å². The monoisotopic (exact) mass is 455 g/mol. The van der Waals surface area contributed by atoms with Crippen molar-refractivity contribution in [3.8, 4) is 22.8 Å². The summed E-state index contributed by atoms with van der Waals surface area (Å²) in [4.78, 5) is 17.1. The van der Waals surface area contributed by atoms with Crippen LogP contribution in [-0.2, 0) is 4.79 Å². The highest BCUT2D eigenvalue weighted by molar-refractivity contribution is 6.08. The second kappa shape index (κ2) is 9.70. The molecule has 7 heteroatoms. The minimum absolute atomic E-state index is 0.372. The number of ether oxygens (including phenoxy) is 2. The maximum Gasteiger partial charge on any atom is 0.329 e. The van der Waals surface area contributed by atoms with Crippen molar-refractivity contribution in [2.24, 2.45) is 0 Å². The standard InChI is InChI=1S/C27H25N3O4/c1-19(31)34-30-25-10-4-2-8-21(25)22-13-12-20(18-26(22)30)32-16-6-7-17-33-27-11-5-3-9-23(27)24-14-15-28-29-24/h2-5,8-15,18H,6-7,16-17H2,1H3,(H,28,29). The van der Waals surface area contributed by atoms with E-state index in [4.69, 9.17) is 14.3 Å². The van der Waals surface area contributed by atoms with Gasteiger partial charge >= 0.3 is 5.97 Å². The fourth-order valence-corrected chi connectivity index (χ4v) is 4.02. The Morgan fingerprint density at radius 1 is 0.882 bits per heavy atom. The van der Waals surface area contributed by atoms with E-state index in [1.165, 1.54) is 6.92 Å². The molecule has 0 radical (unpaired) electrons. The van der Waals surface area contributed by atoms with Gasteiger partial charge in [-0.25, -0.2) is 4.79 Å². The average Bonchev–Trinajstić information content (AvgIpc) is 3.49. The molecule has 0 unspecified atom stereocenters. The van der Waals surface area contributed by atoms with Gasteiger partial charge in [0, 0.05) is 35.5 Å². The third-order valence-corrected chi connectivity index (χ3v) is 5.55. The molecule has 5 rings (SSSR count). The van der Waals surface area contributed by atoms with E-state index in [-0.39, 0.29) is 5.97 Å². The molecule has 2 aromatic heterocycles. The molecule has 0 saturated heterocycles. The van der Waals surface area contributed by atoms with Crippen LogP contribution in [0.1, 0.15) is 19.8 Å². The Bertz CT molecular complexity index is 1420. The number of para-hydroxylation sites is 2. The SMILES string of the molecule is CC(=O)On1c2ccccc2c2ccc(OCCCCOc3ccccc3-c3cc[nH]n3)cc21. The highest BCUT2D eigenvalue weighted by Gasteiger charge is 2.14. The second-order valence-electron chi connectivity index (χ2n) is 7.93. The maximum absolute atomic E-state index is 11.7. The van der Waals surface area contributed by atoms with Gasteiger partial charge < -0.3 is 14.3 Å². The summed E-state index contributed by atoms with van der Waals surface area (Å²) in [7, 11) is 0. The van der Waals surface area contributed by atoms with Crippen LogP contribution in [0.15, 0.2) is 79.0 Å². The molecule has 7 nitrogen and oxygen atoms in total. The van der Waals surface area contributed by atoms with Crippen LogP contribution >= 0.6 is 0 Å². The lowest BCUT2D eigenvalue weighted by atomic mass is 10.1. The van der Waals surface area contributed by atoms with Gasteiger partial charge in [-0.2, -0.15) is 9.83 Å². The van der Waals surface area contributed by atoms with Gasteiger partial charge in [-0.3, -0.25) is 5.10 Å². The summed E-state index contributed by atoms with van der Waals surface area (Å²) in [6.45, 7) is 2.55. The van der Waals surface area contributed by atoms with E-state index in [9.17, 15) is 4.79 Å². The normalized spacial score (nSPS) is 11.1. The number of carbonyl (C=O) groups excluding carboxylic acids is 1. The average molecular weight is 456 g/mol. The lowest BCUT2D eigenvalue weighted by Crippen LogP contribution is -2.15. The first-order chi connectivity index (χ1) is 16.7. The van der Waals surface area contributed by atoms with Crippen LogP contribution in [0.5, 0.6) is 11.5 Å². The van der Waals surface area contributed by atoms with Gasteiger partial charge in [-0.1, -0.05) is 30.3 Å². The van der Waals surface area contributed by atoms with Crippen LogP contribution in [0.25, 0.3) is 33.1 Å². The molecule has 0 bridgehead atoms. The summed E-state index contributed by atoms with van der Waals surface area (Å²) < 4.78 is 13.6. The highest BCUT2D eigenvalue weighted by Crippen LogP contribution is 2.31. The van der Waals surface area contributed by atoms with Crippen molar-refractivity contribution in [2.45, 2.75) is 19.8 Å². The largest absolute Gasteiger partial charge is 0.494 e. The Balaban J connectivity index is 1.20. The van der Waals surface area contributed by atoms with Gasteiger partial charge in [0.25, 0.3) is 0 Å². The lowest BCUT2D eigenvalue weighted by Gasteiger charge is -2.11. The van der Waals surface area contributed by atoms with Crippen molar-refractivity contribution >= 4 is 27.8 Å². The number of benzene rings is 3. The van der Waals surface area contributed by atoms with Gasteiger partial charge in [0.1, 0.15) is 11.5 Å². The Hall–Kier alpha value is -4.26. The predicted molar refractivity (Wildman–Crippen MR) is 131 cm³/mol. The zero-order valence-electron chi connectivity index (χ0n) is 18.9. The zero-order chi connectivity index (χ0) is 23.3. The second-order valence-corrected chi connectivity index (χ2v) is 7.93. The van der Waals surface area contributed by atoms with E-state index in [0.717, 1.165) is 57.4 Å². The van der Waals surface area contributed by atoms with Crippen molar-refractivity contribution in [1.29, 1.82) is 0 Å². The summed E-state index contributed by atoms with van der Waals surface area (Å²) in [5, 5.41) is 9.11. The lowest BCUT2D eigenvalue weighted by molar-refractivity contribution is -0.140. The first-order valence-electron chi connectivity index (χ1n) is 11.3. The van der Waals surface area contributed by atoms with Gasteiger partial charge in [-0.05, 0) is 49.2 Å². The first kappa shape index (κ1) is 21.6. The molecule has 0 fully saturated rings. The molecule has 0 aliphatic heterocycles. The topological polar surface area (TPSA) is 78.4 Å². The van der Waals surface area contributed by atoms with Gasteiger partial charge in [-0.15, -0.1) is 0 Å². The molecule has 5 aromatic rings. The van der Waals surface area contributed by atoms with Crippen molar-refractivity contribution in [3.05, 3.63) is 79.0 Å². The van der Waals surface area contributed by atoms with Crippen LogP contribution < -0.4 is 14.3 Å². The first-order valence-corrected chi connectivity index (χ1v) is 11.3. The number of nitrogens with zero attached hydrogens (tertiary/aromatic N) is 2. The van der Waals surface area contributed by atoms with Gasteiger partial charge in [0.15, 0.2) is 0 Å². The fraction of sp³-hybridized carbons (Fsp3) is 0.185. The summed E-state index contributed by atoms with van der Waals surface area (Å²) in [6.07, 6.45) is 3.49. The van der Waals surface area contributed by atoms with Crippen molar-refractivity contribution in [3.63, 3.8) is 0 Å². The number of carbonyl (C=O) groups is 1. The number of rotatable bonds is 9. The Labute approximate surface area is 196 Å². The predicted octanol–water partition coefficient (Wildman–Crippen LogP) is 5.40. The van der Waals surface area contributed by atoms with Crippen molar-refractivity contribution < 1.29 is 19.1 Å². The number of unbranched alkanes of at least 4 members (excludes halogenated alkanes) is 1. The third kappa shape index (κ3) is 4.45. The molecule has 0 saturated carbocycles. The molecule has 3 aromatic carbocycles. The molecule has 0 spiro atoms. The van der Waals surface area contributed by atoms with Gasteiger partial charge in [0.05, 0.1) is 29.9 Å². The van der Waals surface area contributed by atoms with E-state index in [0.29, 0.717) is 13.2 Å². The minimum atomic E-state index is -0.372. The number of fused-ring (bicyclic) bond motifs is 3. The van der Waals surface area contributed by atoms with Crippen molar-refractivity contribution in [2.75, 3.05) is 13.2 Å². The number of hydrogen-bond donors (Lipinski definition) is 1. The molecule has 0 aliphatic rings. The van der Waals surface area contributed by atoms with Crippen LogP contribution in [0.3, 0.4) is 0 Å². The van der Waals surface area contributed by atoms with E-state index >= 15 is 0 Å². The number of hydrogen-bond acceptors (Lipinski definition) is 5. The summed E-state index contributed by atoms with van der Waals surface area (Å²) in [6, 6.07) is 23.5. The van der Waals surface area contributed by atoms with Crippen LogP contribution in [0.2, 0.25) is 0 Å². The zero-order valence-corrected chi connectivity index (χ0v) is 18.9. The molecule has 1 N–H and O–H groups in total. The Morgan fingerprint density at radius 3 is 2.47 bits per heavy atom. The fourth-order valence-electron chi connectivity index (χ4n) is 4.02. The quantitative estimate of drug-likeness (QED) is 0.301. The molecule has 172 valence electrons.